The van der Waals surface area contributed by atoms with Crippen LogP contribution in [0, 0.1) is 6.92 Å². The number of aryl methyl sites for hydroxylation is 1. The van der Waals surface area contributed by atoms with Crippen molar-refractivity contribution in [3.63, 3.8) is 0 Å². The minimum Gasteiger partial charge on any atom is -0.491 e. The Balaban J connectivity index is 1.55. The SMILES string of the molecule is Cc1ccccc1OCCn1c(C(C)NC(=O)c2ccccc2)nc2ccccc21. The second-order valence-corrected chi connectivity index (χ2v) is 7.29. The molecule has 1 amide bonds. The van der Waals surface area contributed by atoms with Crippen LogP contribution in [-0.2, 0) is 6.54 Å². The number of benzene rings is 3. The molecule has 1 N–H and O–H groups in total. The van der Waals surface area contributed by atoms with Crippen LogP contribution in [0.15, 0.2) is 78.9 Å². The van der Waals surface area contributed by atoms with E-state index in [4.69, 9.17) is 9.72 Å². The fraction of sp³-hybridized carbons (Fsp3) is 0.200. The zero-order valence-corrected chi connectivity index (χ0v) is 17.2. The van der Waals surface area contributed by atoms with Gasteiger partial charge in [-0.25, -0.2) is 4.98 Å². The molecular weight excluding hydrogens is 374 g/mol. The minimum atomic E-state index is -0.247. The number of nitrogens with one attached hydrogen (secondary N) is 1. The number of hydrogen-bond donors (Lipinski definition) is 1. The van der Waals surface area contributed by atoms with E-state index in [1.165, 1.54) is 0 Å². The summed E-state index contributed by atoms with van der Waals surface area (Å²) < 4.78 is 8.14. The average molecular weight is 399 g/mol. The number of hydrogen-bond acceptors (Lipinski definition) is 3. The van der Waals surface area contributed by atoms with Crippen molar-refractivity contribution in [2.24, 2.45) is 0 Å². The molecule has 30 heavy (non-hydrogen) atoms. The lowest BCUT2D eigenvalue weighted by molar-refractivity contribution is 0.0937. The van der Waals surface area contributed by atoms with Crippen LogP contribution in [0.3, 0.4) is 0 Å². The highest BCUT2D eigenvalue weighted by molar-refractivity contribution is 5.94. The third-order valence-corrected chi connectivity index (χ3v) is 5.12. The van der Waals surface area contributed by atoms with E-state index < -0.39 is 0 Å². The van der Waals surface area contributed by atoms with Crippen molar-refractivity contribution in [3.05, 3.63) is 95.8 Å². The van der Waals surface area contributed by atoms with Gasteiger partial charge in [-0.1, -0.05) is 48.5 Å². The molecule has 5 nitrogen and oxygen atoms in total. The maximum Gasteiger partial charge on any atom is 0.251 e. The Labute approximate surface area is 176 Å². The first-order valence-corrected chi connectivity index (χ1v) is 10.1. The Hall–Kier alpha value is -3.60. The van der Waals surface area contributed by atoms with E-state index in [0.717, 1.165) is 28.2 Å². The molecule has 0 aliphatic heterocycles. The molecule has 152 valence electrons. The molecule has 1 heterocycles. The van der Waals surface area contributed by atoms with E-state index >= 15 is 0 Å². The van der Waals surface area contributed by atoms with Crippen LogP contribution >= 0.6 is 0 Å². The molecule has 0 aliphatic rings. The van der Waals surface area contributed by atoms with Crippen LogP contribution < -0.4 is 10.1 Å². The summed E-state index contributed by atoms with van der Waals surface area (Å²) in [5.41, 5.74) is 3.68. The van der Waals surface area contributed by atoms with Crippen LogP contribution in [0.25, 0.3) is 11.0 Å². The maximum absolute atomic E-state index is 12.6. The first kappa shape index (κ1) is 19.7. The molecular formula is C25H25N3O2. The van der Waals surface area contributed by atoms with E-state index in [1.54, 1.807) is 12.1 Å². The molecule has 4 aromatic rings. The molecule has 5 heteroatoms. The lowest BCUT2D eigenvalue weighted by Gasteiger charge is -2.17. The number of fused-ring (bicyclic) bond motifs is 1. The van der Waals surface area contributed by atoms with Gasteiger partial charge in [0, 0.05) is 5.56 Å². The summed E-state index contributed by atoms with van der Waals surface area (Å²) in [6, 6.07) is 25.0. The number of carbonyl (C=O) groups is 1. The number of ether oxygens (including phenoxy) is 1. The van der Waals surface area contributed by atoms with E-state index in [1.807, 2.05) is 80.6 Å². The number of para-hydroxylation sites is 3. The summed E-state index contributed by atoms with van der Waals surface area (Å²) in [6.07, 6.45) is 0. The van der Waals surface area contributed by atoms with Crippen molar-refractivity contribution in [2.45, 2.75) is 26.4 Å². The molecule has 1 atom stereocenters. The molecule has 0 spiro atoms. The number of amides is 1. The van der Waals surface area contributed by atoms with Gasteiger partial charge >= 0.3 is 0 Å². The standard InChI is InChI=1S/C25H25N3O2/c1-18-10-6-9-15-23(18)30-17-16-28-22-14-8-7-13-21(22)27-24(28)19(2)26-25(29)20-11-4-3-5-12-20/h3-15,19H,16-17H2,1-2H3,(H,26,29). The third-order valence-electron chi connectivity index (χ3n) is 5.12. The Morgan fingerprint density at radius 3 is 2.50 bits per heavy atom. The maximum atomic E-state index is 12.6. The van der Waals surface area contributed by atoms with Crippen molar-refractivity contribution in [3.8, 4) is 5.75 Å². The topological polar surface area (TPSA) is 56.1 Å². The second kappa shape index (κ2) is 8.82. The summed E-state index contributed by atoms with van der Waals surface area (Å²) in [5.74, 6) is 1.58. The summed E-state index contributed by atoms with van der Waals surface area (Å²) >= 11 is 0. The highest BCUT2D eigenvalue weighted by atomic mass is 16.5. The molecule has 0 radical (unpaired) electrons. The smallest absolute Gasteiger partial charge is 0.251 e. The first-order valence-electron chi connectivity index (χ1n) is 10.1. The molecule has 1 unspecified atom stereocenters. The van der Waals surface area contributed by atoms with Crippen LogP contribution in [0.2, 0.25) is 0 Å². The lowest BCUT2D eigenvalue weighted by Crippen LogP contribution is -2.29. The van der Waals surface area contributed by atoms with Crippen molar-refractivity contribution in [1.82, 2.24) is 14.9 Å². The van der Waals surface area contributed by atoms with Gasteiger partial charge in [0.1, 0.15) is 18.2 Å². The van der Waals surface area contributed by atoms with Gasteiger partial charge in [-0.05, 0) is 49.7 Å². The molecule has 1 aromatic heterocycles. The van der Waals surface area contributed by atoms with Crippen molar-refractivity contribution >= 4 is 16.9 Å². The van der Waals surface area contributed by atoms with Crippen molar-refractivity contribution in [2.75, 3.05) is 6.61 Å². The molecule has 0 fully saturated rings. The molecule has 0 saturated carbocycles. The lowest BCUT2D eigenvalue weighted by atomic mass is 10.2. The summed E-state index contributed by atoms with van der Waals surface area (Å²) in [4.78, 5) is 17.4. The number of carbonyl (C=O) groups excluding carboxylic acids is 1. The molecule has 3 aromatic carbocycles. The van der Waals surface area contributed by atoms with Gasteiger partial charge in [0.05, 0.1) is 23.6 Å². The largest absolute Gasteiger partial charge is 0.491 e. The average Bonchev–Trinajstić information content (AvgIpc) is 3.14. The summed E-state index contributed by atoms with van der Waals surface area (Å²) in [7, 11) is 0. The molecule has 0 saturated heterocycles. The number of imidazole rings is 1. The molecule has 0 bridgehead atoms. The van der Waals surface area contributed by atoms with Crippen molar-refractivity contribution in [1.29, 1.82) is 0 Å². The van der Waals surface area contributed by atoms with Gasteiger partial charge in [-0.2, -0.15) is 0 Å². The van der Waals surface area contributed by atoms with Gasteiger partial charge in [0.25, 0.3) is 5.91 Å². The second-order valence-electron chi connectivity index (χ2n) is 7.29. The van der Waals surface area contributed by atoms with E-state index in [-0.39, 0.29) is 11.9 Å². The van der Waals surface area contributed by atoms with Gasteiger partial charge in [0.15, 0.2) is 0 Å². The number of nitrogens with zero attached hydrogens (tertiary/aromatic N) is 2. The van der Waals surface area contributed by atoms with Gasteiger partial charge in [-0.3, -0.25) is 4.79 Å². The highest BCUT2D eigenvalue weighted by Gasteiger charge is 2.19. The quantitative estimate of drug-likeness (QED) is 0.480. The predicted molar refractivity (Wildman–Crippen MR) is 119 cm³/mol. The number of aromatic nitrogens is 2. The Morgan fingerprint density at radius 1 is 1.00 bits per heavy atom. The number of rotatable bonds is 7. The normalized spacial score (nSPS) is 11.9. The first-order chi connectivity index (χ1) is 14.6. The zero-order valence-electron chi connectivity index (χ0n) is 17.2. The minimum absolute atomic E-state index is 0.113. The van der Waals surface area contributed by atoms with E-state index in [2.05, 4.69) is 9.88 Å². The summed E-state index contributed by atoms with van der Waals surface area (Å²) in [5, 5.41) is 3.07. The predicted octanol–water partition coefficient (Wildman–Crippen LogP) is 4.91. The van der Waals surface area contributed by atoms with E-state index in [0.29, 0.717) is 18.7 Å². The van der Waals surface area contributed by atoms with Crippen LogP contribution in [-0.4, -0.2) is 22.1 Å². The Morgan fingerprint density at radius 2 is 1.70 bits per heavy atom. The zero-order chi connectivity index (χ0) is 20.9. The van der Waals surface area contributed by atoms with Gasteiger partial charge in [-0.15, -0.1) is 0 Å². The summed E-state index contributed by atoms with van der Waals surface area (Å²) in [6.45, 7) is 5.14. The van der Waals surface area contributed by atoms with Gasteiger partial charge < -0.3 is 14.6 Å². The Kier molecular flexibility index (Phi) is 5.80. The Bertz CT molecular complexity index is 1150. The van der Waals surface area contributed by atoms with Crippen LogP contribution in [0.4, 0.5) is 0 Å². The fourth-order valence-corrected chi connectivity index (χ4v) is 3.56. The molecule has 0 aliphatic carbocycles. The van der Waals surface area contributed by atoms with Crippen LogP contribution in [0.5, 0.6) is 5.75 Å². The van der Waals surface area contributed by atoms with Crippen molar-refractivity contribution < 1.29 is 9.53 Å². The van der Waals surface area contributed by atoms with Gasteiger partial charge in [0.2, 0.25) is 0 Å². The third kappa shape index (κ3) is 4.20. The van der Waals surface area contributed by atoms with Crippen LogP contribution in [0.1, 0.15) is 34.7 Å². The fourth-order valence-electron chi connectivity index (χ4n) is 3.56. The molecule has 4 rings (SSSR count). The highest BCUT2D eigenvalue weighted by Crippen LogP contribution is 2.22. The monoisotopic (exact) mass is 399 g/mol. The van der Waals surface area contributed by atoms with E-state index in [9.17, 15) is 4.79 Å².